The van der Waals surface area contributed by atoms with E-state index in [1.54, 1.807) is 0 Å². The number of halogens is 1. The van der Waals surface area contributed by atoms with Crippen molar-refractivity contribution in [2.45, 2.75) is 52.9 Å². The first-order valence-corrected chi connectivity index (χ1v) is 10.9. The first-order valence-electron chi connectivity index (χ1n) is 9.38. The minimum absolute atomic E-state index is 0.180. The number of thioether (sulfide) groups is 1. The second-order valence-electron chi connectivity index (χ2n) is 5.63. The molecule has 1 amide bonds. The predicted octanol–water partition coefficient (Wildman–Crippen LogP) is 5.85. The molecule has 0 radical (unpaired) electrons. The molecule has 1 unspecified atom stereocenters. The summed E-state index contributed by atoms with van der Waals surface area (Å²) >= 11 is 7.91. The van der Waals surface area contributed by atoms with E-state index in [1.165, 1.54) is 5.56 Å². The third-order valence-corrected chi connectivity index (χ3v) is 5.65. The van der Waals surface area contributed by atoms with Gasteiger partial charge in [-0.3, -0.25) is 4.79 Å². The van der Waals surface area contributed by atoms with Gasteiger partial charge in [-0.05, 0) is 36.5 Å². The summed E-state index contributed by atoms with van der Waals surface area (Å²) in [5.41, 5.74) is 1.27. The van der Waals surface area contributed by atoms with Gasteiger partial charge < -0.3 is 4.90 Å². The zero-order valence-corrected chi connectivity index (χ0v) is 17.1. The summed E-state index contributed by atoms with van der Waals surface area (Å²) in [6.07, 6.45) is 3.32. The molecular weight excluding hydrogens is 338 g/mol. The van der Waals surface area contributed by atoms with Crippen LogP contribution in [0.25, 0.3) is 0 Å². The molecule has 2 fully saturated rings. The van der Waals surface area contributed by atoms with Crippen LogP contribution in [0.2, 0.25) is 5.02 Å². The Morgan fingerprint density at radius 3 is 2.21 bits per heavy atom. The number of nitrogens with zero attached hydrogens (tertiary/aromatic N) is 1. The fraction of sp³-hybridized carbons (Fsp3) is 0.650. The molecule has 2 nitrogen and oxygen atoms in total. The van der Waals surface area contributed by atoms with Gasteiger partial charge in [0.2, 0.25) is 5.91 Å². The summed E-state index contributed by atoms with van der Waals surface area (Å²) in [5, 5.41) is 0.766. The summed E-state index contributed by atoms with van der Waals surface area (Å²) in [6, 6.07) is 8.05. The van der Waals surface area contributed by atoms with Crippen molar-refractivity contribution in [1.29, 1.82) is 0 Å². The second-order valence-corrected chi connectivity index (χ2v) is 7.29. The average Bonchev–Trinajstić information content (AvgIpc) is 3.15. The van der Waals surface area contributed by atoms with E-state index in [0.29, 0.717) is 11.8 Å². The molecule has 2 atom stereocenters. The number of hydrogen-bond acceptors (Lipinski definition) is 2. The molecule has 3 rings (SSSR count). The lowest BCUT2D eigenvalue weighted by atomic mass is 9.88. The number of amides is 1. The molecule has 0 bridgehead atoms. The van der Waals surface area contributed by atoms with Crippen LogP contribution >= 0.6 is 23.4 Å². The monoisotopic (exact) mass is 369 g/mol. The third-order valence-electron chi connectivity index (χ3n) is 4.45. The van der Waals surface area contributed by atoms with E-state index in [0.717, 1.165) is 48.9 Å². The Morgan fingerprint density at radius 1 is 1.04 bits per heavy atom. The molecular formula is C20H32ClNOS. The summed E-state index contributed by atoms with van der Waals surface area (Å²) in [4.78, 5) is 14.8. The molecule has 24 heavy (non-hydrogen) atoms. The summed E-state index contributed by atoms with van der Waals surface area (Å²) < 4.78 is 0. The molecule has 0 spiro atoms. The molecule has 136 valence electrons. The lowest BCUT2D eigenvalue weighted by molar-refractivity contribution is -0.135. The van der Waals surface area contributed by atoms with Crippen molar-refractivity contribution < 1.29 is 4.79 Å². The lowest BCUT2D eigenvalue weighted by Gasteiger charge is -2.31. The van der Waals surface area contributed by atoms with Gasteiger partial charge in [0.15, 0.2) is 0 Å². The molecule has 2 aliphatic rings. The number of hydrogen-bond donors (Lipinski definition) is 0. The van der Waals surface area contributed by atoms with E-state index in [-0.39, 0.29) is 5.92 Å². The molecule has 1 aliphatic heterocycles. The largest absolute Gasteiger partial charge is 0.341 e. The zero-order chi connectivity index (χ0) is 17.9. The minimum Gasteiger partial charge on any atom is -0.341 e. The Hall–Kier alpha value is -0.670. The summed E-state index contributed by atoms with van der Waals surface area (Å²) in [7, 11) is 0. The molecule has 0 N–H and O–H groups in total. The van der Waals surface area contributed by atoms with Gasteiger partial charge in [-0.15, -0.1) is 0 Å². The van der Waals surface area contributed by atoms with E-state index in [1.807, 2.05) is 51.6 Å². The Morgan fingerprint density at radius 2 is 1.62 bits per heavy atom. The Labute approximate surface area is 157 Å². The summed E-state index contributed by atoms with van der Waals surface area (Å²) in [5.74, 6) is 3.12. The molecule has 1 saturated carbocycles. The maximum Gasteiger partial charge on any atom is 0.226 e. The van der Waals surface area contributed by atoms with Gasteiger partial charge in [0, 0.05) is 35.5 Å². The molecule has 1 aliphatic carbocycles. The van der Waals surface area contributed by atoms with Gasteiger partial charge in [-0.2, -0.15) is 11.8 Å². The number of carbonyl (C=O) groups excluding carboxylic acids is 1. The van der Waals surface area contributed by atoms with Gasteiger partial charge in [-0.1, -0.05) is 57.8 Å². The molecule has 1 heterocycles. The van der Waals surface area contributed by atoms with Crippen molar-refractivity contribution in [3.05, 3.63) is 34.9 Å². The van der Waals surface area contributed by atoms with Gasteiger partial charge in [0.25, 0.3) is 0 Å². The van der Waals surface area contributed by atoms with E-state index in [4.69, 9.17) is 11.6 Å². The van der Waals surface area contributed by atoms with E-state index >= 15 is 0 Å². The topological polar surface area (TPSA) is 20.3 Å². The van der Waals surface area contributed by atoms with E-state index in [2.05, 4.69) is 17.0 Å². The van der Waals surface area contributed by atoms with Crippen molar-refractivity contribution in [3.63, 3.8) is 0 Å². The number of carbonyl (C=O) groups is 1. The van der Waals surface area contributed by atoms with Crippen molar-refractivity contribution in [3.8, 4) is 0 Å². The van der Waals surface area contributed by atoms with Gasteiger partial charge in [-0.25, -0.2) is 0 Å². The van der Waals surface area contributed by atoms with Crippen molar-refractivity contribution in [2.75, 3.05) is 24.6 Å². The first-order chi connectivity index (χ1) is 11.8. The average molecular weight is 370 g/mol. The van der Waals surface area contributed by atoms with Crippen molar-refractivity contribution >= 4 is 29.3 Å². The third kappa shape index (κ3) is 5.70. The lowest BCUT2D eigenvalue weighted by Crippen LogP contribution is -2.42. The summed E-state index contributed by atoms with van der Waals surface area (Å²) in [6.45, 7) is 9.85. The van der Waals surface area contributed by atoms with Crippen LogP contribution in [0, 0.1) is 5.92 Å². The van der Waals surface area contributed by atoms with Crippen molar-refractivity contribution in [1.82, 2.24) is 4.90 Å². The van der Waals surface area contributed by atoms with Crippen LogP contribution in [0.15, 0.2) is 24.3 Å². The molecule has 1 aromatic carbocycles. The number of benzene rings is 1. The van der Waals surface area contributed by atoms with E-state index < -0.39 is 0 Å². The zero-order valence-electron chi connectivity index (χ0n) is 15.6. The molecule has 0 aromatic heterocycles. The molecule has 1 saturated heterocycles. The van der Waals surface area contributed by atoms with Crippen LogP contribution in [-0.4, -0.2) is 35.4 Å². The highest BCUT2D eigenvalue weighted by Crippen LogP contribution is 2.41. The molecule has 4 heteroatoms. The normalized spacial score (nSPS) is 22.8. The maximum atomic E-state index is 12.7. The highest BCUT2D eigenvalue weighted by atomic mass is 35.5. The quantitative estimate of drug-likeness (QED) is 0.651. The van der Waals surface area contributed by atoms with Crippen LogP contribution in [0.1, 0.15) is 58.4 Å². The highest BCUT2D eigenvalue weighted by Gasteiger charge is 2.36. The Kier molecular flexibility index (Phi) is 10.5. The first kappa shape index (κ1) is 21.4. The standard InChI is InChI=1S/C16H20ClNOS.2C2H6/c17-13-6-4-12(5-7-13)14-2-1-3-15(14)16(19)18-8-10-20-11-9-18;2*1-2/h4-7,14-15H,1-3,8-11H2;2*1-2H3/t14?,15-;;/m1../s1. The second kappa shape index (κ2) is 11.8. The highest BCUT2D eigenvalue weighted by molar-refractivity contribution is 7.99. The fourth-order valence-corrected chi connectivity index (χ4v) is 4.41. The van der Waals surface area contributed by atoms with E-state index in [9.17, 15) is 4.79 Å². The fourth-order valence-electron chi connectivity index (χ4n) is 3.38. The Bertz CT molecular complexity index is 471. The number of rotatable bonds is 2. The van der Waals surface area contributed by atoms with Crippen molar-refractivity contribution in [2.24, 2.45) is 5.92 Å². The predicted molar refractivity (Wildman–Crippen MR) is 108 cm³/mol. The van der Waals surface area contributed by atoms with Gasteiger partial charge >= 0.3 is 0 Å². The van der Waals surface area contributed by atoms with Crippen LogP contribution in [-0.2, 0) is 4.79 Å². The minimum atomic E-state index is 0.180. The van der Waals surface area contributed by atoms with Gasteiger partial charge in [0.1, 0.15) is 0 Å². The SMILES string of the molecule is CC.CC.O=C([C@@H]1CCCC1c1ccc(Cl)cc1)N1CCSCC1. The maximum absolute atomic E-state index is 12.7. The van der Waals surface area contributed by atoms with Crippen LogP contribution < -0.4 is 0 Å². The van der Waals surface area contributed by atoms with Gasteiger partial charge in [0.05, 0.1) is 0 Å². The molecule has 1 aromatic rings. The Balaban J connectivity index is 0.000000671. The smallest absolute Gasteiger partial charge is 0.226 e. The van der Waals surface area contributed by atoms with Crippen LogP contribution in [0.5, 0.6) is 0 Å². The van der Waals surface area contributed by atoms with Crippen LogP contribution in [0.3, 0.4) is 0 Å². The van der Waals surface area contributed by atoms with Crippen LogP contribution in [0.4, 0.5) is 0 Å².